The molecular formula is C10H14N2O2. The molecule has 1 unspecified atom stereocenters. The van der Waals surface area contributed by atoms with E-state index in [0.29, 0.717) is 5.92 Å². The van der Waals surface area contributed by atoms with Crippen LogP contribution in [0.25, 0.3) is 0 Å². The second-order valence-corrected chi connectivity index (χ2v) is 3.31. The average Bonchev–Trinajstić information content (AvgIpc) is 2.18. The van der Waals surface area contributed by atoms with Gasteiger partial charge in [-0.3, -0.25) is 10.1 Å². The van der Waals surface area contributed by atoms with E-state index in [-0.39, 0.29) is 10.6 Å². The van der Waals surface area contributed by atoms with E-state index in [1.807, 2.05) is 7.05 Å². The molecule has 0 amide bonds. The van der Waals surface area contributed by atoms with Crippen LogP contribution in [-0.2, 0) is 0 Å². The van der Waals surface area contributed by atoms with E-state index in [9.17, 15) is 10.1 Å². The fraction of sp³-hybridized carbons (Fsp3) is 0.400. The number of likely N-dealkylation sites (N-methyl/N-ethyl adjacent to an activating group) is 1. The quantitative estimate of drug-likeness (QED) is 0.588. The number of nitrogens with zero attached hydrogens (tertiary/aromatic N) is 1. The molecule has 0 fully saturated rings. The predicted molar refractivity (Wildman–Crippen MR) is 55.4 cm³/mol. The number of non-ortho nitro benzene ring substituents is 1. The lowest BCUT2D eigenvalue weighted by atomic mass is 10.0. The molecule has 0 aliphatic carbocycles. The highest BCUT2D eigenvalue weighted by atomic mass is 16.6. The number of benzene rings is 1. The van der Waals surface area contributed by atoms with Crippen LogP contribution in [0.15, 0.2) is 24.3 Å². The number of hydrogen-bond acceptors (Lipinski definition) is 3. The van der Waals surface area contributed by atoms with Crippen molar-refractivity contribution in [2.24, 2.45) is 0 Å². The summed E-state index contributed by atoms with van der Waals surface area (Å²) in [6.07, 6.45) is 0. The van der Waals surface area contributed by atoms with Gasteiger partial charge in [0.15, 0.2) is 0 Å². The highest BCUT2D eigenvalue weighted by Crippen LogP contribution is 2.18. The molecule has 1 aromatic carbocycles. The van der Waals surface area contributed by atoms with Crippen LogP contribution >= 0.6 is 0 Å². The van der Waals surface area contributed by atoms with Crippen LogP contribution in [0.1, 0.15) is 18.4 Å². The van der Waals surface area contributed by atoms with E-state index in [4.69, 9.17) is 0 Å². The molecule has 4 heteroatoms. The minimum atomic E-state index is -0.382. The zero-order valence-corrected chi connectivity index (χ0v) is 8.36. The Morgan fingerprint density at radius 3 is 2.43 bits per heavy atom. The Labute approximate surface area is 83.1 Å². The first kappa shape index (κ1) is 10.7. The summed E-state index contributed by atoms with van der Waals surface area (Å²) in [5.74, 6) is 0.376. The Morgan fingerprint density at radius 1 is 1.43 bits per heavy atom. The van der Waals surface area contributed by atoms with E-state index in [1.54, 1.807) is 24.3 Å². The largest absolute Gasteiger partial charge is 0.319 e. The number of nitrogens with one attached hydrogen (secondary N) is 1. The molecule has 0 aliphatic rings. The Kier molecular flexibility index (Phi) is 3.59. The normalized spacial score (nSPS) is 12.4. The Hall–Kier alpha value is -1.42. The van der Waals surface area contributed by atoms with E-state index in [1.165, 1.54) is 0 Å². The Bertz CT molecular complexity index is 308. The van der Waals surface area contributed by atoms with Crippen LogP contribution in [0.3, 0.4) is 0 Å². The highest BCUT2D eigenvalue weighted by molar-refractivity contribution is 5.34. The van der Waals surface area contributed by atoms with Crippen molar-refractivity contribution in [2.75, 3.05) is 13.6 Å². The van der Waals surface area contributed by atoms with Gasteiger partial charge in [-0.05, 0) is 18.5 Å². The van der Waals surface area contributed by atoms with Crippen LogP contribution in [0.5, 0.6) is 0 Å². The fourth-order valence-electron chi connectivity index (χ4n) is 1.35. The van der Waals surface area contributed by atoms with Gasteiger partial charge in [-0.15, -0.1) is 0 Å². The third-order valence-corrected chi connectivity index (χ3v) is 2.18. The van der Waals surface area contributed by atoms with Crippen molar-refractivity contribution >= 4 is 5.69 Å². The summed E-state index contributed by atoms with van der Waals surface area (Å²) in [5, 5.41) is 13.5. The fourth-order valence-corrected chi connectivity index (χ4v) is 1.35. The molecule has 76 valence electrons. The first-order valence-electron chi connectivity index (χ1n) is 4.54. The molecule has 14 heavy (non-hydrogen) atoms. The van der Waals surface area contributed by atoms with Crippen LogP contribution in [0.4, 0.5) is 5.69 Å². The van der Waals surface area contributed by atoms with Crippen LogP contribution in [0.2, 0.25) is 0 Å². The molecule has 0 saturated heterocycles. The van der Waals surface area contributed by atoms with E-state index < -0.39 is 0 Å². The molecule has 1 atom stereocenters. The first-order chi connectivity index (χ1) is 6.65. The van der Waals surface area contributed by atoms with Gasteiger partial charge in [0.25, 0.3) is 5.69 Å². The van der Waals surface area contributed by atoms with E-state index >= 15 is 0 Å². The number of nitro benzene ring substituents is 1. The maximum Gasteiger partial charge on any atom is 0.269 e. The van der Waals surface area contributed by atoms with Gasteiger partial charge < -0.3 is 5.32 Å². The zero-order valence-electron chi connectivity index (χ0n) is 8.36. The van der Waals surface area contributed by atoms with Crippen LogP contribution in [0, 0.1) is 10.1 Å². The molecule has 0 aliphatic heterocycles. The number of nitro groups is 1. The van der Waals surface area contributed by atoms with Gasteiger partial charge in [0.2, 0.25) is 0 Å². The van der Waals surface area contributed by atoms with Gasteiger partial charge in [-0.25, -0.2) is 0 Å². The summed E-state index contributed by atoms with van der Waals surface area (Å²) in [7, 11) is 1.89. The second-order valence-electron chi connectivity index (χ2n) is 3.31. The molecule has 0 saturated carbocycles. The summed E-state index contributed by atoms with van der Waals surface area (Å²) in [5.41, 5.74) is 1.26. The topological polar surface area (TPSA) is 55.2 Å². The maximum absolute atomic E-state index is 10.4. The van der Waals surface area contributed by atoms with E-state index in [0.717, 1.165) is 12.1 Å². The minimum Gasteiger partial charge on any atom is -0.319 e. The molecule has 0 heterocycles. The van der Waals surface area contributed by atoms with Gasteiger partial charge in [0, 0.05) is 18.7 Å². The van der Waals surface area contributed by atoms with Crippen molar-refractivity contribution < 1.29 is 4.92 Å². The standard InChI is InChI=1S/C10H14N2O2/c1-8(7-11-2)9-3-5-10(6-4-9)12(13)14/h3-6,8,11H,7H2,1-2H3. The first-order valence-corrected chi connectivity index (χ1v) is 4.54. The SMILES string of the molecule is CNCC(C)c1ccc([N+](=O)[O-])cc1. The number of hydrogen-bond donors (Lipinski definition) is 1. The van der Waals surface area contributed by atoms with Crippen molar-refractivity contribution in [3.05, 3.63) is 39.9 Å². The summed E-state index contributed by atoms with van der Waals surface area (Å²) in [6.45, 7) is 2.95. The van der Waals surface area contributed by atoms with Gasteiger partial charge in [0.1, 0.15) is 0 Å². The second kappa shape index (κ2) is 4.72. The third-order valence-electron chi connectivity index (χ3n) is 2.18. The van der Waals surface area contributed by atoms with E-state index in [2.05, 4.69) is 12.2 Å². The minimum absolute atomic E-state index is 0.144. The van der Waals surface area contributed by atoms with Crippen molar-refractivity contribution in [1.82, 2.24) is 5.32 Å². The summed E-state index contributed by atoms with van der Waals surface area (Å²) < 4.78 is 0. The average molecular weight is 194 g/mol. The van der Waals surface area contributed by atoms with Gasteiger partial charge in [0.05, 0.1) is 4.92 Å². The molecule has 0 radical (unpaired) electrons. The lowest BCUT2D eigenvalue weighted by molar-refractivity contribution is -0.384. The monoisotopic (exact) mass is 194 g/mol. The van der Waals surface area contributed by atoms with Gasteiger partial charge in [-0.2, -0.15) is 0 Å². The van der Waals surface area contributed by atoms with Crippen molar-refractivity contribution in [3.63, 3.8) is 0 Å². The Balaban J connectivity index is 2.77. The van der Waals surface area contributed by atoms with Crippen molar-refractivity contribution in [3.8, 4) is 0 Å². The van der Waals surface area contributed by atoms with Gasteiger partial charge in [-0.1, -0.05) is 19.1 Å². The van der Waals surface area contributed by atoms with Gasteiger partial charge >= 0.3 is 0 Å². The molecule has 0 spiro atoms. The van der Waals surface area contributed by atoms with Crippen LogP contribution in [-0.4, -0.2) is 18.5 Å². The number of rotatable bonds is 4. The molecule has 1 rings (SSSR count). The molecule has 1 aromatic rings. The molecule has 0 bridgehead atoms. The van der Waals surface area contributed by atoms with Crippen LogP contribution < -0.4 is 5.32 Å². The summed E-state index contributed by atoms with van der Waals surface area (Å²) >= 11 is 0. The lowest BCUT2D eigenvalue weighted by Crippen LogP contribution is -2.14. The zero-order chi connectivity index (χ0) is 10.6. The third kappa shape index (κ3) is 2.53. The predicted octanol–water partition coefficient (Wildman–Crippen LogP) is 1.92. The summed E-state index contributed by atoms with van der Waals surface area (Å²) in [4.78, 5) is 10.0. The summed E-state index contributed by atoms with van der Waals surface area (Å²) in [6, 6.07) is 6.70. The molecule has 4 nitrogen and oxygen atoms in total. The van der Waals surface area contributed by atoms with Crippen molar-refractivity contribution in [2.45, 2.75) is 12.8 Å². The molecular weight excluding hydrogens is 180 g/mol. The molecule has 1 N–H and O–H groups in total. The van der Waals surface area contributed by atoms with Crippen molar-refractivity contribution in [1.29, 1.82) is 0 Å². The Morgan fingerprint density at radius 2 is 2.00 bits per heavy atom. The lowest BCUT2D eigenvalue weighted by Gasteiger charge is -2.10. The highest BCUT2D eigenvalue weighted by Gasteiger charge is 2.07. The molecule has 0 aromatic heterocycles. The maximum atomic E-state index is 10.4. The smallest absolute Gasteiger partial charge is 0.269 e.